The highest BCUT2D eigenvalue weighted by Crippen LogP contribution is 2.10. The van der Waals surface area contributed by atoms with E-state index in [1.807, 2.05) is 30.3 Å². The van der Waals surface area contributed by atoms with Gasteiger partial charge in [0.1, 0.15) is 5.75 Å². The van der Waals surface area contributed by atoms with Gasteiger partial charge in [0.25, 0.3) is 5.09 Å². The summed E-state index contributed by atoms with van der Waals surface area (Å²) in [5.74, 6) is 0.994. The normalized spacial score (nSPS) is 9.45. The van der Waals surface area contributed by atoms with Gasteiger partial charge in [0.05, 0.1) is 6.61 Å². The molecule has 0 aliphatic rings. The first-order chi connectivity index (χ1) is 9.66. The van der Waals surface area contributed by atoms with Crippen molar-refractivity contribution in [2.75, 3.05) is 6.61 Å². The third-order valence-electron chi connectivity index (χ3n) is 2.76. The predicted molar refractivity (Wildman–Crippen MR) is 78.7 cm³/mol. The van der Waals surface area contributed by atoms with Crippen molar-refractivity contribution >= 4 is 0 Å². The Morgan fingerprint density at radius 3 is 2.10 bits per heavy atom. The van der Waals surface area contributed by atoms with Crippen LogP contribution in [0.15, 0.2) is 30.3 Å². The van der Waals surface area contributed by atoms with Gasteiger partial charge in [-0.25, -0.2) is 0 Å². The van der Waals surface area contributed by atoms with Crippen LogP contribution in [-0.2, 0) is 0 Å². The molecule has 0 radical (unpaired) electrons. The Hall–Kier alpha value is -1.78. The molecule has 5 nitrogen and oxygen atoms in total. The van der Waals surface area contributed by atoms with E-state index in [0.29, 0.717) is 0 Å². The number of hydrogen-bond donors (Lipinski definition) is 1. The Labute approximate surface area is 120 Å². The molecule has 0 aromatic heterocycles. The van der Waals surface area contributed by atoms with Gasteiger partial charge in [-0.15, -0.1) is 10.1 Å². The van der Waals surface area contributed by atoms with Crippen LogP contribution < -0.4 is 4.74 Å². The largest absolute Gasteiger partial charge is 0.494 e. The zero-order chi connectivity index (χ0) is 15.1. The number of para-hydroxylation sites is 1. The first kappa shape index (κ1) is 18.2. The van der Waals surface area contributed by atoms with Gasteiger partial charge in [-0.3, -0.25) is 0 Å². The molecule has 0 amide bonds. The Bertz CT molecular complexity index is 326. The fourth-order valence-electron chi connectivity index (χ4n) is 1.77. The van der Waals surface area contributed by atoms with E-state index in [1.54, 1.807) is 0 Å². The van der Waals surface area contributed by atoms with Gasteiger partial charge in [-0.2, -0.15) is 0 Å². The van der Waals surface area contributed by atoms with Gasteiger partial charge < -0.3 is 9.94 Å². The van der Waals surface area contributed by atoms with Crippen molar-refractivity contribution in [1.29, 1.82) is 0 Å². The van der Waals surface area contributed by atoms with Gasteiger partial charge >= 0.3 is 0 Å². The molecule has 0 saturated carbocycles. The Kier molecular flexibility index (Phi) is 12.4. The lowest BCUT2D eigenvalue weighted by Crippen LogP contribution is -1.96. The van der Waals surface area contributed by atoms with Crippen LogP contribution in [0.1, 0.15) is 51.9 Å². The minimum atomic E-state index is -1.50. The first-order valence-corrected chi connectivity index (χ1v) is 7.18. The van der Waals surface area contributed by atoms with Gasteiger partial charge in [0, 0.05) is 0 Å². The lowest BCUT2D eigenvalue weighted by Gasteiger charge is -2.05. The van der Waals surface area contributed by atoms with Crippen LogP contribution in [0.5, 0.6) is 5.75 Å². The second kappa shape index (κ2) is 13.6. The zero-order valence-corrected chi connectivity index (χ0v) is 12.2. The minimum Gasteiger partial charge on any atom is -0.494 e. The van der Waals surface area contributed by atoms with Crippen molar-refractivity contribution in [3.63, 3.8) is 0 Å². The van der Waals surface area contributed by atoms with E-state index in [9.17, 15) is 0 Å². The van der Waals surface area contributed by atoms with Crippen molar-refractivity contribution in [2.45, 2.75) is 51.9 Å². The third kappa shape index (κ3) is 14.3. The SMILES string of the molecule is CCCCCCCCCOc1ccccc1.O=[N+]([O-])O. The smallest absolute Gasteiger partial charge is 0.291 e. The van der Waals surface area contributed by atoms with Gasteiger partial charge in [-0.05, 0) is 18.6 Å². The molecular formula is C15H25NO4. The van der Waals surface area contributed by atoms with E-state index in [0.717, 1.165) is 12.4 Å². The Balaban J connectivity index is 0.000000796. The maximum absolute atomic E-state index is 8.36. The Morgan fingerprint density at radius 2 is 1.55 bits per heavy atom. The highest BCUT2D eigenvalue weighted by Gasteiger charge is 1.93. The monoisotopic (exact) mass is 283 g/mol. The van der Waals surface area contributed by atoms with Gasteiger partial charge in [0.2, 0.25) is 0 Å². The Morgan fingerprint density at radius 1 is 1.05 bits per heavy atom. The van der Waals surface area contributed by atoms with Crippen LogP contribution in [0.3, 0.4) is 0 Å². The summed E-state index contributed by atoms with van der Waals surface area (Å²) in [6, 6.07) is 10.1. The molecule has 0 heterocycles. The van der Waals surface area contributed by atoms with Crippen molar-refractivity contribution < 1.29 is 15.0 Å². The fourth-order valence-corrected chi connectivity index (χ4v) is 1.77. The van der Waals surface area contributed by atoms with E-state index in [1.165, 1.54) is 44.9 Å². The van der Waals surface area contributed by atoms with E-state index >= 15 is 0 Å². The van der Waals surface area contributed by atoms with E-state index in [-0.39, 0.29) is 0 Å². The molecule has 0 bridgehead atoms. The summed E-state index contributed by atoms with van der Waals surface area (Å²) < 4.78 is 5.63. The average molecular weight is 283 g/mol. The summed E-state index contributed by atoms with van der Waals surface area (Å²) in [5.41, 5.74) is 0. The molecule has 0 aliphatic carbocycles. The van der Waals surface area contributed by atoms with Crippen molar-refractivity contribution in [3.05, 3.63) is 40.4 Å². The molecule has 1 aromatic carbocycles. The molecule has 0 saturated heterocycles. The zero-order valence-electron chi connectivity index (χ0n) is 12.2. The summed E-state index contributed by atoms with van der Waals surface area (Å²) >= 11 is 0. The molecular weight excluding hydrogens is 258 g/mol. The molecule has 1 rings (SSSR count). The standard InChI is InChI=1S/C15H24O.HNO3/c1-2-3-4-5-6-7-11-14-16-15-12-9-8-10-13-15;2-1(3)4/h8-10,12-13H,2-7,11,14H2,1H3;(H,2,3,4). The quantitative estimate of drug-likeness (QED) is 0.412. The maximum Gasteiger partial charge on any atom is 0.291 e. The van der Waals surface area contributed by atoms with E-state index < -0.39 is 5.09 Å². The van der Waals surface area contributed by atoms with Crippen LogP contribution in [0, 0.1) is 10.1 Å². The molecule has 5 heteroatoms. The number of benzene rings is 1. The highest BCUT2D eigenvalue weighted by molar-refractivity contribution is 5.20. The molecule has 1 aromatic rings. The molecule has 114 valence electrons. The topological polar surface area (TPSA) is 72.6 Å². The number of hydrogen-bond acceptors (Lipinski definition) is 3. The van der Waals surface area contributed by atoms with Crippen molar-refractivity contribution in [2.24, 2.45) is 0 Å². The summed E-state index contributed by atoms with van der Waals surface area (Å²) in [6.45, 7) is 3.12. The third-order valence-corrected chi connectivity index (χ3v) is 2.76. The van der Waals surface area contributed by atoms with Crippen LogP contribution in [0.25, 0.3) is 0 Å². The van der Waals surface area contributed by atoms with Gasteiger partial charge in [-0.1, -0.05) is 63.6 Å². The second-order valence-electron chi connectivity index (χ2n) is 4.52. The maximum atomic E-state index is 8.36. The van der Waals surface area contributed by atoms with Crippen molar-refractivity contribution in [3.8, 4) is 5.75 Å². The number of rotatable bonds is 9. The summed E-state index contributed by atoms with van der Waals surface area (Å²) in [6.07, 6.45) is 9.35. The molecule has 0 atom stereocenters. The van der Waals surface area contributed by atoms with Crippen molar-refractivity contribution in [1.82, 2.24) is 0 Å². The first-order valence-electron chi connectivity index (χ1n) is 7.18. The molecule has 1 N–H and O–H groups in total. The molecule has 20 heavy (non-hydrogen) atoms. The second-order valence-corrected chi connectivity index (χ2v) is 4.52. The van der Waals surface area contributed by atoms with Crippen LogP contribution >= 0.6 is 0 Å². The summed E-state index contributed by atoms with van der Waals surface area (Å²) in [7, 11) is 0. The predicted octanol–water partition coefficient (Wildman–Crippen LogP) is 4.47. The molecule has 0 aliphatic heterocycles. The summed E-state index contributed by atoms with van der Waals surface area (Å²) in [5, 5.41) is 13.6. The molecule has 0 unspecified atom stereocenters. The lowest BCUT2D eigenvalue weighted by molar-refractivity contribution is -0.742. The molecule has 0 spiro atoms. The number of nitrogens with zero attached hydrogens (tertiary/aromatic N) is 1. The fraction of sp³-hybridized carbons (Fsp3) is 0.600. The number of unbranched alkanes of at least 4 members (excludes halogenated alkanes) is 6. The average Bonchev–Trinajstić information content (AvgIpc) is 2.42. The summed E-state index contributed by atoms with van der Waals surface area (Å²) in [4.78, 5) is 8.36. The van der Waals surface area contributed by atoms with Crippen LogP contribution in [0.2, 0.25) is 0 Å². The molecule has 0 fully saturated rings. The van der Waals surface area contributed by atoms with Crippen LogP contribution in [-0.4, -0.2) is 16.9 Å². The van der Waals surface area contributed by atoms with Gasteiger partial charge in [0.15, 0.2) is 0 Å². The lowest BCUT2D eigenvalue weighted by atomic mass is 10.1. The van der Waals surface area contributed by atoms with E-state index in [4.69, 9.17) is 20.1 Å². The number of ether oxygens (including phenoxy) is 1. The van der Waals surface area contributed by atoms with Crippen LogP contribution in [0.4, 0.5) is 0 Å². The minimum absolute atomic E-state index is 0.859. The van der Waals surface area contributed by atoms with E-state index in [2.05, 4.69) is 6.92 Å². The highest BCUT2D eigenvalue weighted by atomic mass is 16.9.